The minimum atomic E-state index is -0.846. The molecule has 2 aromatic rings. The van der Waals surface area contributed by atoms with Crippen LogP contribution in [-0.2, 0) is 17.3 Å². The van der Waals surface area contributed by atoms with E-state index < -0.39 is 10.8 Å². The van der Waals surface area contributed by atoms with Crippen LogP contribution in [0.1, 0.15) is 25.0 Å². The summed E-state index contributed by atoms with van der Waals surface area (Å²) in [6.07, 6.45) is 0. The summed E-state index contributed by atoms with van der Waals surface area (Å²) in [4.78, 5) is 4.37. The standard InChI is InChI=1S/C13H16ClFN2OS/c1-3-19(18)7-6-17-12-5-4-10(15)8-11(12)16-13(17)9(2)14/h4-5,8-9H,3,6-7H2,1-2H3. The Kier molecular flexibility index (Phi) is 4.58. The summed E-state index contributed by atoms with van der Waals surface area (Å²) in [5, 5.41) is -0.273. The number of rotatable bonds is 5. The van der Waals surface area contributed by atoms with Crippen LogP contribution in [0.25, 0.3) is 11.0 Å². The number of hydrogen-bond acceptors (Lipinski definition) is 2. The fourth-order valence-corrected chi connectivity index (χ4v) is 2.84. The summed E-state index contributed by atoms with van der Waals surface area (Å²) in [5.41, 5.74) is 1.42. The SMILES string of the molecule is CCS(=O)CCn1c(C(C)Cl)nc2cc(F)ccc21. The van der Waals surface area contributed by atoms with Crippen molar-refractivity contribution in [2.45, 2.75) is 25.8 Å². The first kappa shape index (κ1) is 14.5. The second-order valence-electron chi connectivity index (χ2n) is 4.30. The van der Waals surface area contributed by atoms with E-state index in [1.165, 1.54) is 12.1 Å². The van der Waals surface area contributed by atoms with E-state index in [0.29, 0.717) is 29.4 Å². The Balaban J connectivity index is 2.43. The molecule has 2 unspecified atom stereocenters. The highest BCUT2D eigenvalue weighted by Crippen LogP contribution is 2.25. The van der Waals surface area contributed by atoms with Gasteiger partial charge in [0, 0.05) is 34.9 Å². The van der Waals surface area contributed by atoms with Crippen molar-refractivity contribution in [1.29, 1.82) is 0 Å². The average molecular weight is 303 g/mol. The van der Waals surface area contributed by atoms with E-state index in [9.17, 15) is 8.60 Å². The van der Waals surface area contributed by atoms with E-state index in [-0.39, 0.29) is 11.2 Å². The van der Waals surface area contributed by atoms with E-state index >= 15 is 0 Å². The van der Waals surface area contributed by atoms with Gasteiger partial charge in [0.2, 0.25) is 0 Å². The van der Waals surface area contributed by atoms with Crippen molar-refractivity contribution in [1.82, 2.24) is 9.55 Å². The van der Waals surface area contributed by atoms with Crippen LogP contribution in [0.15, 0.2) is 18.2 Å². The number of hydrogen-bond donors (Lipinski definition) is 0. The molecule has 2 rings (SSSR count). The highest BCUT2D eigenvalue weighted by molar-refractivity contribution is 7.84. The molecule has 2 atom stereocenters. The molecule has 0 aliphatic heterocycles. The molecule has 0 N–H and O–H groups in total. The van der Waals surface area contributed by atoms with Gasteiger partial charge in [0.25, 0.3) is 0 Å². The van der Waals surface area contributed by atoms with E-state index in [1.54, 1.807) is 6.07 Å². The second kappa shape index (κ2) is 6.01. The highest BCUT2D eigenvalue weighted by atomic mass is 35.5. The Labute approximate surface area is 119 Å². The van der Waals surface area contributed by atoms with Gasteiger partial charge in [0.15, 0.2) is 0 Å². The Bertz CT molecular complexity index is 612. The molecular formula is C13H16ClFN2OS. The molecule has 1 aromatic heterocycles. The third kappa shape index (κ3) is 3.15. The molecule has 6 heteroatoms. The zero-order valence-corrected chi connectivity index (χ0v) is 12.5. The summed E-state index contributed by atoms with van der Waals surface area (Å²) in [6, 6.07) is 4.49. The molecule has 1 heterocycles. The lowest BCUT2D eigenvalue weighted by atomic mass is 10.3. The van der Waals surface area contributed by atoms with Gasteiger partial charge in [-0.05, 0) is 19.1 Å². The number of aryl methyl sites for hydroxylation is 1. The lowest BCUT2D eigenvalue weighted by Crippen LogP contribution is -2.12. The monoisotopic (exact) mass is 302 g/mol. The van der Waals surface area contributed by atoms with Crippen molar-refractivity contribution in [3.63, 3.8) is 0 Å². The number of aromatic nitrogens is 2. The lowest BCUT2D eigenvalue weighted by molar-refractivity contribution is 0.629. The van der Waals surface area contributed by atoms with Gasteiger partial charge in [-0.2, -0.15) is 0 Å². The number of fused-ring (bicyclic) bond motifs is 1. The fourth-order valence-electron chi connectivity index (χ4n) is 2.00. The molecule has 0 radical (unpaired) electrons. The van der Waals surface area contributed by atoms with Gasteiger partial charge in [0.1, 0.15) is 11.6 Å². The Hall–Kier alpha value is -0.940. The second-order valence-corrected chi connectivity index (χ2v) is 6.82. The molecule has 0 saturated heterocycles. The topological polar surface area (TPSA) is 34.9 Å². The molecule has 0 spiro atoms. The van der Waals surface area contributed by atoms with Crippen molar-refractivity contribution in [2.75, 3.05) is 11.5 Å². The number of imidazole rings is 1. The Morgan fingerprint density at radius 2 is 2.26 bits per heavy atom. The zero-order valence-electron chi connectivity index (χ0n) is 10.9. The van der Waals surface area contributed by atoms with Crippen LogP contribution in [0.2, 0.25) is 0 Å². The van der Waals surface area contributed by atoms with Crippen LogP contribution in [0, 0.1) is 5.82 Å². The summed E-state index contributed by atoms with van der Waals surface area (Å²) in [6.45, 7) is 4.30. The van der Waals surface area contributed by atoms with Crippen molar-refractivity contribution in [2.24, 2.45) is 0 Å². The van der Waals surface area contributed by atoms with Gasteiger partial charge in [-0.25, -0.2) is 9.37 Å². The van der Waals surface area contributed by atoms with Crippen LogP contribution in [0.5, 0.6) is 0 Å². The normalized spacial score (nSPS) is 14.7. The van der Waals surface area contributed by atoms with E-state index in [1.807, 2.05) is 18.4 Å². The summed E-state index contributed by atoms with van der Waals surface area (Å²) in [5.74, 6) is 1.56. The van der Waals surface area contributed by atoms with E-state index in [0.717, 1.165) is 5.52 Å². The molecule has 3 nitrogen and oxygen atoms in total. The fraction of sp³-hybridized carbons (Fsp3) is 0.462. The predicted octanol–water partition coefficient (Wildman–Crippen LogP) is 3.24. The maximum atomic E-state index is 13.2. The molecule has 0 aliphatic rings. The minimum Gasteiger partial charge on any atom is -0.326 e. The van der Waals surface area contributed by atoms with Gasteiger partial charge in [-0.15, -0.1) is 11.6 Å². The van der Waals surface area contributed by atoms with Gasteiger partial charge >= 0.3 is 0 Å². The molecule has 0 bridgehead atoms. The van der Waals surface area contributed by atoms with Crippen molar-refractivity contribution < 1.29 is 8.60 Å². The maximum Gasteiger partial charge on any atom is 0.127 e. The maximum absolute atomic E-state index is 13.2. The smallest absolute Gasteiger partial charge is 0.127 e. The lowest BCUT2D eigenvalue weighted by Gasteiger charge is -2.09. The van der Waals surface area contributed by atoms with E-state index in [4.69, 9.17) is 11.6 Å². The number of benzene rings is 1. The molecule has 0 fully saturated rings. The van der Waals surface area contributed by atoms with Crippen molar-refractivity contribution >= 4 is 33.4 Å². The molecule has 0 saturated carbocycles. The Morgan fingerprint density at radius 1 is 1.53 bits per heavy atom. The van der Waals surface area contributed by atoms with E-state index in [2.05, 4.69) is 4.98 Å². The summed E-state index contributed by atoms with van der Waals surface area (Å²) < 4.78 is 26.7. The molecule has 0 aliphatic carbocycles. The van der Waals surface area contributed by atoms with Crippen LogP contribution < -0.4 is 0 Å². The van der Waals surface area contributed by atoms with Crippen LogP contribution in [-0.4, -0.2) is 25.3 Å². The highest BCUT2D eigenvalue weighted by Gasteiger charge is 2.15. The first-order chi connectivity index (χ1) is 9.02. The molecule has 19 heavy (non-hydrogen) atoms. The third-order valence-electron chi connectivity index (χ3n) is 2.96. The van der Waals surface area contributed by atoms with Gasteiger partial charge in [-0.3, -0.25) is 4.21 Å². The van der Waals surface area contributed by atoms with Gasteiger partial charge in [0.05, 0.1) is 16.4 Å². The average Bonchev–Trinajstić information content (AvgIpc) is 2.73. The number of alkyl halides is 1. The zero-order chi connectivity index (χ0) is 14.0. The Morgan fingerprint density at radius 3 is 2.89 bits per heavy atom. The molecular weight excluding hydrogens is 287 g/mol. The van der Waals surface area contributed by atoms with Crippen molar-refractivity contribution in [3.05, 3.63) is 29.8 Å². The number of nitrogens with zero attached hydrogens (tertiary/aromatic N) is 2. The summed E-state index contributed by atoms with van der Waals surface area (Å²) in [7, 11) is -0.846. The first-order valence-corrected chi connectivity index (χ1v) is 8.10. The van der Waals surface area contributed by atoms with Crippen LogP contribution in [0.4, 0.5) is 4.39 Å². The predicted molar refractivity (Wildman–Crippen MR) is 77.5 cm³/mol. The third-order valence-corrected chi connectivity index (χ3v) is 4.44. The van der Waals surface area contributed by atoms with Crippen molar-refractivity contribution in [3.8, 4) is 0 Å². The van der Waals surface area contributed by atoms with Gasteiger partial charge in [-0.1, -0.05) is 6.92 Å². The molecule has 0 amide bonds. The van der Waals surface area contributed by atoms with Crippen LogP contribution in [0.3, 0.4) is 0 Å². The van der Waals surface area contributed by atoms with Crippen LogP contribution >= 0.6 is 11.6 Å². The first-order valence-electron chi connectivity index (χ1n) is 6.17. The number of halogens is 2. The molecule has 1 aromatic carbocycles. The largest absolute Gasteiger partial charge is 0.326 e. The molecule has 104 valence electrons. The summed E-state index contributed by atoms with van der Waals surface area (Å²) >= 11 is 6.12. The quantitative estimate of drug-likeness (QED) is 0.795. The minimum absolute atomic E-state index is 0.273. The van der Waals surface area contributed by atoms with Gasteiger partial charge < -0.3 is 4.57 Å².